The van der Waals surface area contributed by atoms with E-state index < -0.39 is 35.8 Å². The van der Waals surface area contributed by atoms with Gasteiger partial charge in [-0.15, -0.1) is 11.3 Å². The molecule has 0 bridgehead atoms. The first kappa shape index (κ1) is 29.7. The molecule has 4 N–H and O–H groups in total. The van der Waals surface area contributed by atoms with Gasteiger partial charge in [0.25, 0.3) is 0 Å². The Labute approximate surface area is 230 Å². The number of para-hydroxylation sites is 1. The summed E-state index contributed by atoms with van der Waals surface area (Å²) in [5.41, 5.74) is 2.22. The van der Waals surface area contributed by atoms with Crippen LogP contribution < -0.4 is 0 Å². The summed E-state index contributed by atoms with van der Waals surface area (Å²) in [6, 6.07) is 5.44. The van der Waals surface area contributed by atoms with Crippen LogP contribution in [0.15, 0.2) is 30.5 Å². The van der Waals surface area contributed by atoms with Gasteiger partial charge in [0.1, 0.15) is 11.3 Å². The summed E-state index contributed by atoms with van der Waals surface area (Å²) in [4.78, 5) is 22.9. The largest absolute Gasteiger partial charge is 0.479 e. The number of hydrogen-bond donors (Lipinski definition) is 4. The molecule has 5 rings (SSSR count). The molecule has 1 aromatic carbocycles. The molecule has 2 aliphatic heterocycles. The van der Waals surface area contributed by atoms with E-state index in [2.05, 4.69) is 10.00 Å². The fourth-order valence-electron chi connectivity index (χ4n) is 4.82. The molecule has 1 fully saturated rings. The highest BCUT2D eigenvalue weighted by molar-refractivity contribution is 7.10. The zero-order chi connectivity index (χ0) is 29.2. The van der Waals surface area contributed by atoms with Gasteiger partial charge in [0.15, 0.2) is 29.0 Å². The number of ether oxygens (including phenoxy) is 1. The van der Waals surface area contributed by atoms with E-state index >= 15 is 0 Å². The van der Waals surface area contributed by atoms with Crippen LogP contribution >= 0.6 is 11.3 Å². The lowest BCUT2D eigenvalue weighted by Gasteiger charge is -2.43. The maximum Gasteiger partial charge on any atom is 0.335 e. The van der Waals surface area contributed by atoms with E-state index in [1.165, 1.54) is 34.2 Å². The van der Waals surface area contributed by atoms with Gasteiger partial charge in [-0.25, -0.2) is 23.1 Å². The van der Waals surface area contributed by atoms with E-state index in [0.717, 1.165) is 54.0 Å². The van der Waals surface area contributed by atoms with Gasteiger partial charge >= 0.3 is 11.9 Å². The number of carboxylic acid groups (broad SMARTS) is 2. The van der Waals surface area contributed by atoms with Gasteiger partial charge in [-0.3, -0.25) is 4.90 Å². The second-order valence-corrected chi connectivity index (χ2v) is 10.6. The summed E-state index contributed by atoms with van der Waals surface area (Å²) in [7, 11) is 0. The summed E-state index contributed by atoms with van der Waals surface area (Å²) in [5, 5.41) is 36.7. The number of aliphatic carboxylic acids is 2. The Hall–Kier alpha value is -3.30. The molecule has 2 unspecified atom stereocenters. The summed E-state index contributed by atoms with van der Waals surface area (Å²) >= 11 is 1.21. The quantitative estimate of drug-likeness (QED) is 0.344. The number of thiophene rings is 1. The maximum absolute atomic E-state index is 14.1. The van der Waals surface area contributed by atoms with Crippen LogP contribution in [0.2, 0.25) is 0 Å². The number of hydrogen-bond acceptors (Lipinski definition) is 8. The first-order chi connectivity index (χ1) is 18.9. The van der Waals surface area contributed by atoms with E-state index in [1.807, 2.05) is 6.92 Å². The monoisotopic (exact) mass is 583 g/mol. The maximum atomic E-state index is 14.1. The van der Waals surface area contributed by atoms with Crippen LogP contribution in [0.25, 0.3) is 5.69 Å². The number of aromatic nitrogens is 2. The highest BCUT2D eigenvalue weighted by atomic mass is 32.1. The van der Waals surface area contributed by atoms with Crippen LogP contribution in [0.4, 0.5) is 13.2 Å². The number of rotatable bonds is 6. The molecular weight excluding hydrogens is 555 g/mol. The van der Waals surface area contributed by atoms with Gasteiger partial charge in [-0.05, 0) is 49.9 Å². The SMILES string of the molecule is Cc1nn(-c2c(F)cccc2F)cc1CN1CCC2(CC1)OCCc1cc(F)sc12.O=C(O)C(O)C(O)C(=O)O. The molecule has 0 amide bonds. The Morgan fingerprint density at radius 2 is 1.70 bits per heavy atom. The summed E-state index contributed by atoms with van der Waals surface area (Å²) in [6.07, 6.45) is -0.462. The highest BCUT2D eigenvalue weighted by Gasteiger charge is 2.42. The molecule has 1 spiro atoms. The standard InChI is InChI=1S/C22H22F3N3OS.C4H6O6/c1-14-16(13-28(26-14)20-17(23)3-2-4-18(20)24)12-27-8-6-22(7-9-27)21-15(5-10-29-22)11-19(25)30-21;5-1(3(7)8)2(6)4(9)10/h2-4,11,13H,5-10,12H2,1H3;1-2,5-6H,(H,7,8)(H,9,10). The minimum absolute atomic E-state index is 0.143. The fraction of sp³-hybridized carbons (Fsp3) is 0.423. The second kappa shape index (κ2) is 12.1. The van der Waals surface area contributed by atoms with Crippen LogP contribution in [-0.2, 0) is 32.9 Å². The third kappa shape index (κ3) is 6.20. The van der Waals surface area contributed by atoms with E-state index in [0.29, 0.717) is 13.2 Å². The Morgan fingerprint density at radius 3 is 2.27 bits per heavy atom. The minimum Gasteiger partial charge on any atom is -0.479 e. The Bertz CT molecular complexity index is 1350. The van der Waals surface area contributed by atoms with Crippen molar-refractivity contribution in [2.75, 3.05) is 19.7 Å². The number of aryl methyl sites for hydroxylation is 1. The lowest BCUT2D eigenvalue weighted by Crippen LogP contribution is -2.45. The molecule has 1 saturated heterocycles. The van der Waals surface area contributed by atoms with Crippen LogP contribution in [0.3, 0.4) is 0 Å². The molecule has 0 saturated carbocycles. The Kier molecular flexibility index (Phi) is 8.95. The fourth-order valence-corrected chi connectivity index (χ4v) is 5.95. The van der Waals surface area contributed by atoms with Gasteiger partial charge in [-0.2, -0.15) is 9.49 Å². The Balaban J connectivity index is 0.000000318. The third-order valence-electron chi connectivity index (χ3n) is 6.97. The molecule has 2 atom stereocenters. The molecule has 3 aromatic rings. The summed E-state index contributed by atoms with van der Waals surface area (Å²) in [6.45, 7) is 4.73. The molecule has 10 nitrogen and oxygen atoms in total. The molecule has 2 aromatic heterocycles. The number of halogens is 3. The van der Waals surface area contributed by atoms with Gasteiger partial charge < -0.3 is 25.2 Å². The third-order valence-corrected chi connectivity index (χ3v) is 8.12. The lowest BCUT2D eigenvalue weighted by atomic mass is 9.85. The first-order valence-corrected chi connectivity index (χ1v) is 13.2. The van der Waals surface area contributed by atoms with Crippen LogP contribution in [0.5, 0.6) is 0 Å². The number of nitrogens with zero attached hydrogens (tertiary/aromatic N) is 3. The van der Waals surface area contributed by atoms with Gasteiger partial charge in [0.05, 0.1) is 12.3 Å². The van der Waals surface area contributed by atoms with E-state index in [-0.39, 0.29) is 16.4 Å². The van der Waals surface area contributed by atoms with Crippen molar-refractivity contribution in [2.45, 2.75) is 50.5 Å². The number of aliphatic hydroxyl groups is 2. The molecular formula is C26H28F3N3O7S. The van der Waals surface area contributed by atoms with Crippen LogP contribution in [-0.4, -0.2) is 78.9 Å². The smallest absolute Gasteiger partial charge is 0.335 e. The molecule has 40 heavy (non-hydrogen) atoms. The van der Waals surface area contributed by atoms with Crippen LogP contribution in [0.1, 0.15) is 34.5 Å². The van der Waals surface area contributed by atoms with Gasteiger partial charge in [0.2, 0.25) is 0 Å². The number of likely N-dealkylation sites (tertiary alicyclic amines) is 1. The molecule has 14 heteroatoms. The summed E-state index contributed by atoms with van der Waals surface area (Å²) < 4.78 is 49.5. The van der Waals surface area contributed by atoms with Crippen molar-refractivity contribution >= 4 is 23.3 Å². The van der Waals surface area contributed by atoms with Crippen molar-refractivity contribution < 1.29 is 47.9 Å². The number of piperidine rings is 1. The van der Waals surface area contributed by atoms with Crippen molar-refractivity contribution in [3.8, 4) is 5.69 Å². The predicted octanol–water partition coefficient (Wildman–Crippen LogP) is 2.60. The molecule has 216 valence electrons. The van der Waals surface area contributed by atoms with Crippen molar-refractivity contribution in [2.24, 2.45) is 0 Å². The normalized spacial score (nSPS) is 17.9. The number of benzene rings is 1. The van der Waals surface area contributed by atoms with E-state index in [9.17, 15) is 22.8 Å². The van der Waals surface area contributed by atoms with Gasteiger partial charge in [0, 0.05) is 36.3 Å². The summed E-state index contributed by atoms with van der Waals surface area (Å²) in [5.74, 6) is -4.82. The average Bonchev–Trinajstić information content (AvgIpc) is 3.47. The zero-order valence-electron chi connectivity index (χ0n) is 21.4. The molecule has 0 aliphatic carbocycles. The average molecular weight is 584 g/mol. The lowest BCUT2D eigenvalue weighted by molar-refractivity contribution is -0.165. The zero-order valence-corrected chi connectivity index (χ0v) is 22.2. The van der Waals surface area contributed by atoms with Crippen molar-refractivity contribution in [3.63, 3.8) is 0 Å². The highest BCUT2D eigenvalue weighted by Crippen LogP contribution is 2.45. The van der Waals surface area contributed by atoms with Crippen molar-refractivity contribution in [1.82, 2.24) is 14.7 Å². The molecule has 0 radical (unpaired) electrons. The number of carboxylic acids is 2. The second-order valence-electron chi connectivity index (χ2n) is 9.59. The predicted molar refractivity (Wildman–Crippen MR) is 136 cm³/mol. The molecule has 4 heterocycles. The minimum atomic E-state index is -2.27. The van der Waals surface area contributed by atoms with Crippen molar-refractivity contribution in [3.05, 3.63) is 68.9 Å². The topological polar surface area (TPSA) is 145 Å². The number of carbonyl (C=O) groups is 2. The van der Waals surface area contributed by atoms with E-state index in [4.69, 9.17) is 25.2 Å². The van der Waals surface area contributed by atoms with Crippen LogP contribution in [0, 0.1) is 23.7 Å². The number of aliphatic hydroxyl groups excluding tert-OH is 2. The Morgan fingerprint density at radius 1 is 1.10 bits per heavy atom. The van der Waals surface area contributed by atoms with Gasteiger partial charge in [-0.1, -0.05) is 6.07 Å². The number of fused-ring (bicyclic) bond motifs is 2. The van der Waals surface area contributed by atoms with Crippen molar-refractivity contribution in [1.29, 1.82) is 0 Å². The van der Waals surface area contributed by atoms with E-state index in [1.54, 1.807) is 12.3 Å². The first-order valence-electron chi connectivity index (χ1n) is 12.4. The molecule has 2 aliphatic rings.